The topological polar surface area (TPSA) is 113 Å². The summed E-state index contributed by atoms with van der Waals surface area (Å²) in [6.07, 6.45) is -0.277. The van der Waals surface area contributed by atoms with E-state index in [1.165, 1.54) is 16.3 Å². The third kappa shape index (κ3) is 4.81. The van der Waals surface area contributed by atoms with Gasteiger partial charge in [0, 0.05) is 12.0 Å². The number of hydrogen-bond donors (Lipinski definition) is 3. The van der Waals surface area contributed by atoms with Crippen molar-refractivity contribution >= 4 is 17.7 Å². The van der Waals surface area contributed by atoms with Crippen LogP contribution in [0.5, 0.6) is 0 Å². The van der Waals surface area contributed by atoms with E-state index in [0.717, 1.165) is 5.56 Å². The highest BCUT2D eigenvalue weighted by molar-refractivity contribution is 7.99. The van der Waals surface area contributed by atoms with Gasteiger partial charge in [-0.1, -0.05) is 0 Å². The average molecular weight is 373 g/mol. The van der Waals surface area contributed by atoms with Crippen LogP contribution in [0.4, 0.5) is 0 Å². The molecule has 1 saturated heterocycles. The predicted octanol–water partition coefficient (Wildman–Crippen LogP) is 0.250. The van der Waals surface area contributed by atoms with Crippen molar-refractivity contribution in [2.45, 2.75) is 57.6 Å². The highest BCUT2D eigenvalue weighted by atomic mass is 32.2. The van der Waals surface area contributed by atoms with Gasteiger partial charge in [-0.15, -0.1) is 0 Å². The maximum absolute atomic E-state index is 12.3. The summed E-state index contributed by atoms with van der Waals surface area (Å²) < 4.78 is 12.0. The van der Waals surface area contributed by atoms with Crippen molar-refractivity contribution in [2.75, 3.05) is 12.5 Å². The smallest absolute Gasteiger partial charge is 0.454 e. The van der Waals surface area contributed by atoms with Gasteiger partial charge < -0.3 is 19.7 Å². The van der Waals surface area contributed by atoms with E-state index in [0.29, 0.717) is 5.03 Å². The lowest BCUT2D eigenvalue weighted by molar-refractivity contribution is -0.774. The van der Waals surface area contributed by atoms with Crippen molar-refractivity contribution < 1.29 is 29.0 Å². The second-order valence-corrected chi connectivity index (χ2v) is 7.97. The minimum absolute atomic E-state index is 0.0993. The molecular formula is C16H25N2O6S+. The molecule has 2 rings (SSSR count). The van der Waals surface area contributed by atoms with Crippen LogP contribution in [-0.2, 0) is 14.3 Å². The van der Waals surface area contributed by atoms with E-state index in [2.05, 4.69) is 4.98 Å². The van der Waals surface area contributed by atoms with Gasteiger partial charge in [-0.25, -0.2) is 0 Å². The maximum atomic E-state index is 12.3. The fourth-order valence-electron chi connectivity index (χ4n) is 2.36. The highest BCUT2D eigenvalue weighted by Gasteiger charge is 2.38. The number of H-pyrrole nitrogens is 1. The van der Waals surface area contributed by atoms with Crippen LogP contribution >= 0.6 is 11.8 Å². The standard InChI is InChI=1S/C16H24N2O6S/c1-9-6-18(12-5-10(20)11(7-19)24-12)15(22)17-13(9)25-8-23-14(21)16(2,3)4/h6,10-12,19-20H,5,7-8H2,1-4H3/p+1/t10-,11+,12+/m0/s1. The molecule has 0 radical (unpaired) electrons. The third-order valence-electron chi connectivity index (χ3n) is 3.85. The first kappa shape index (κ1) is 19.9. The lowest BCUT2D eigenvalue weighted by Gasteiger charge is -2.16. The summed E-state index contributed by atoms with van der Waals surface area (Å²) >= 11 is 1.22. The molecular weight excluding hydrogens is 348 g/mol. The molecule has 1 aromatic heterocycles. The molecule has 1 aliphatic rings. The molecule has 1 aliphatic heterocycles. The molecule has 140 valence electrons. The molecule has 0 aromatic carbocycles. The summed E-state index contributed by atoms with van der Waals surface area (Å²) in [6.45, 7) is 6.83. The summed E-state index contributed by atoms with van der Waals surface area (Å²) in [5.41, 5.74) is -0.194. The normalized spacial score (nSPS) is 23.7. The molecule has 9 heteroatoms. The van der Waals surface area contributed by atoms with Gasteiger partial charge in [0.05, 0.1) is 18.1 Å². The number of nitrogens with zero attached hydrogens (tertiary/aromatic N) is 1. The number of aliphatic hydroxyl groups is 2. The summed E-state index contributed by atoms with van der Waals surface area (Å²) in [5, 5.41) is 19.5. The summed E-state index contributed by atoms with van der Waals surface area (Å²) in [6, 6.07) is 0. The largest absolute Gasteiger partial charge is 0.498 e. The van der Waals surface area contributed by atoms with E-state index in [-0.39, 0.29) is 24.9 Å². The van der Waals surface area contributed by atoms with Crippen LogP contribution < -0.4 is 10.3 Å². The zero-order valence-corrected chi connectivity index (χ0v) is 15.6. The fraction of sp³-hybridized carbons (Fsp3) is 0.688. The number of ether oxygens (including phenoxy) is 2. The molecule has 0 unspecified atom stereocenters. The lowest BCUT2D eigenvalue weighted by atomic mass is 9.98. The minimum Gasteiger partial charge on any atom is -0.454 e. The summed E-state index contributed by atoms with van der Waals surface area (Å²) in [7, 11) is 0. The number of rotatable bonds is 5. The Bertz CT molecular complexity index is 684. The molecule has 8 nitrogen and oxygen atoms in total. The van der Waals surface area contributed by atoms with E-state index >= 15 is 0 Å². The zero-order chi connectivity index (χ0) is 18.8. The number of aryl methyl sites for hydroxylation is 1. The van der Waals surface area contributed by atoms with Crippen LogP contribution in [-0.4, -0.2) is 45.9 Å². The van der Waals surface area contributed by atoms with E-state index in [9.17, 15) is 14.7 Å². The molecule has 0 aliphatic carbocycles. The SMILES string of the molecule is Cc1c[n+]([C@H]2C[C@H](O)[C@@H](CO)O2)c(=O)[nH]c1SCOC(=O)C(C)(C)C. The Balaban J connectivity index is 2.05. The van der Waals surface area contributed by atoms with Gasteiger partial charge in [0.25, 0.3) is 0 Å². The van der Waals surface area contributed by atoms with Gasteiger partial charge >= 0.3 is 11.7 Å². The molecule has 1 fully saturated rings. The average Bonchev–Trinajstić information content (AvgIpc) is 2.90. The Kier molecular flexibility index (Phi) is 6.26. The lowest BCUT2D eigenvalue weighted by Crippen LogP contribution is -2.55. The number of aromatic amines is 1. The number of nitrogens with one attached hydrogen (secondary N) is 1. The first-order chi connectivity index (χ1) is 11.6. The third-order valence-corrected chi connectivity index (χ3v) is 4.79. The van der Waals surface area contributed by atoms with Crippen LogP contribution in [0.15, 0.2) is 16.0 Å². The van der Waals surface area contributed by atoms with Gasteiger partial charge in [-0.2, -0.15) is 14.3 Å². The van der Waals surface area contributed by atoms with Gasteiger partial charge in [0.2, 0.25) is 6.23 Å². The first-order valence-electron chi connectivity index (χ1n) is 8.03. The Morgan fingerprint density at radius 2 is 2.20 bits per heavy atom. The molecule has 25 heavy (non-hydrogen) atoms. The van der Waals surface area contributed by atoms with E-state index < -0.39 is 29.5 Å². The molecule has 3 N–H and O–H groups in total. The van der Waals surface area contributed by atoms with Crippen molar-refractivity contribution in [3.63, 3.8) is 0 Å². The number of carbonyl (C=O) groups is 1. The van der Waals surface area contributed by atoms with Crippen LogP contribution in [0, 0.1) is 12.3 Å². The number of aliphatic hydroxyl groups excluding tert-OH is 2. The number of carbonyl (C=O) groups excluding carboxylic acids is 1. The molecule has 1 aromatic rings. The van der Waals surface area contributed by atoms with Crippen molar-refractivity contribution in [1.29, 1.82) is 0 Å². The highest BCUT2D eigenvalue weighted by Crippen LogP contribution is 2.25. The second kappa shape index (κ2) is 7.86. The van der Waals surface area contributed by atoms with Crippen molar-refractivity contribution in [1.82, 2.24) is 4.98 Å². The number of hydrogen-bond acceptors (Lipinski definition) is 7. The monoisotopic (exact) mass is 373 g/mol. The molecule has 2 heterocycles. The van der Waals surface area contributed by atoms with E-state index in [4.69, 9.17) is 14.6 Å². The van der Waals surface area contributed by atoms with E-state index in [1.807, 2.05) is 6.92 Å². The first-order valence-corrected chi connectivity index (χ1v) is 9.01. The Hall–Kier alpha value is -1.42. The molecule has 0 amide bonds. The summed E-state index contributed by atoms with van der Waals surface area (Å²) in [4.78, 5) is 26.8. The summed E-state index contributed by atoms with van der Waals surface area (Å²) in [5.74, 6) is -0.211. The number of thioether (sulfide) groups is 1. The van der Waals surface area contributed by atoms with Crippen molar-refractivity contribution in [3.8, 4) is 0 Å². The Morgan fingerprint density at radius 3 is 2.76 bits per heavy atom. The number of aromatic nitrogens is 2. The molecule has 0 spiro atoms. The second-order valence-electron chi connectivity index (χ2n) is 7.04. The van der Waals surface area contributed by atoms with Crippen LogP contribution in [0.2, 0.25) is 0 Å². The van der Waals surface area contributed by atoms with Gasteiger partial charge in [-0.3, -0.25) is 4.79 Å². The molecule has 0 bridgehead atoms. The predicted molar refractivity (Wildman–Crippen MR) is 89.9 cm³/mol. The minimum atomic E-state index is -0.812. The van der Waals surface area contributed by atoms with Crippen molar-refractivity contribution in [2.24, 2.45) is 5.41 Å². The van der Waals surface area contributed by atoms with Gasteiger partial charge in [0.1, 0.15) is 18.2 Å². The van der Waals surface area contributed by atoms with E-state index in [1.54, 1.807) is 27.0 Å². The maximum Gasteiger partial charge on any atom is 0.498 e. The van der Waals surface area contributed by atoms with Crippen LogP contribution in [0.3, 0.4) is 0 Å². The Labute approximate surface area is 150 Å². The van der Waals surface area contributed by atoms with Gasteiger partial charge in [-0.05, 0) is 39.5 Å². The zero-order valence-electron chi connectivity index (χ0n) is 14.8. The quantitative estimate of drug-likeness (QED) is 0.223. The van der Waals surface area contributed by atoms with Crippen molar-refractivity contribution in [3.05, 3.63) is 22.2 Å². The molecule has 0 saturated carbocycles. The Morgan fingerprint density at radius 1 is 1.52 bits per heavy atom. The van der Waals surface area contributed by atoms with Crippen LogP contribution in [0.1, 0.15) is 39.0 Å². The fourth-order valence-corrected chi connectivity index (χ4v) is 3.08. The van der Waals surface area contributed by atoms with Crippen LogP contribution in [0.25, 0.3) is 0 Å². The number of esters is 1. The molecule has 3 atom stereocenters. The van der Waals surface area contributed by atoms with Gasteiger partial charge in [0.15, 0.2) is 5.03 Å².